The number of amidine groups is 1. The summed E-state index contributed by atoms with van der Waals surface area (Å²) < 4.78 is 37.3. The number of halogens is 3. The molecule has 0 spiro atoms. The first-order chi connectivity index (χ1) is 18.8. The fourth-order valence-electron chi connectivity index (χ4n) is 3.30. The number of nitrogens with one attached hydrogen (secondary N) is 1. The highest BCUT2D eigenvalue weighted by molar-refractivity contribution is 7.11. The third-order valence-corrected chi connectivity index (χ3v) is 6.04. The highest BCUT2D eigenvalue weighted by Gasteiger charge is 2.31. The Kier molecular flexibility index (Phi) is 16.5. The summed E-state index contributed by atoms with van der Waals surface area (Å²) >= 11 is 7.46. The van der Waals surface area contributed by atoms with E-state index in [4.69, 9.17) is 25.9 Å². The van der Waals surface area contributed by atoms with E-state index in [9.17, 15) is 13.6 Å². The average Bonchev–Trinajstić information content (AvgIpc) is 3.48. The molecule has 1 aromatic heterocycles. The second-order valence-electron chi connectivity index (χ2n) is 7.56. The number of carbonyl (C=O) groups is 3. The summed E-state index contributed by atoms with van der Waals surface area (Å²) in [5.41, 5.74) is 1.18. The van der Waals surface area contributed by atoms with E-state index < -0.39 is 17.7 Å². The summed E-state index contributed by atoms with van der Waals surface area (Å²) in [5, 5.41) is 5.25. The van der Waals surface area contributed by atoms with Crippen molar-refractivity contribution in [2.45, 2.75) is 13.0 Å². The first-order valence-corrected chi connectivity index (χ1v) is 12.8. The van der Waals surface area contributed by atoms with Gasteiger partial charge in [0.2, 0.25) is 0 Å². The molecule has 1 fully saturated rings. The molecule has 0 aliphatic carbocycles. The zero-order valence-corrected chi connectivity index (χ0v) is 23.4. The summed E-state index contributed by atoms with van der Waals surface area (Å²) in [6.07, 6.45) is 4.91. The molecule has 0 amide bonds. The van der Waals surface area contributed by atoms with Gasteiger partial charge in [-0.15, -0.1) is 11.3 Å². The molecule has 9 nitrogen and oxygen atoms in total. The van der Waals surface area contributed by atoms with Gasteiger partial charge in [-0.25, -0.2) is 13.8 Å². The van der Waals surface area contributed by atoms with Crippen molar-refractivity contribution in [2.75, 3.05) is 47.1 Å². The van der Waals surface area contributed by atoms with Crippen LogP contribution in [0.5, 0.6) is 0 Å². The molecule has 1 saturated heterocycles. The lowest BCUT2D eigenvalue weighted by Gasteiger charge is -2.31. The monoisotopic (exact) mass is 584 g/mol. The SMILES string of the molecule is C=CC=O.CC=O.COC.O=CC1=C(CN2CCOCC2)NC(c2nccs2)=N[C@H]1c1ccc(F)c(F)c1Cl. The number of hydrogen-bond donors (Lipinski definition) is 1. The molecule has 0 bridgehead atoms. The molecule has 212 valence electrons. The summed E-state index contributed by atoms with van der Waals surface area (Å²) in [6, 6.07) is 1.47. The first kappa shape index (κ1) is 33.9. The number of methoxy groups -OCH3 is 1. The van der Waals surface area contributed by atoms with Crippen LogP contribution in [-0.2, 0) is 23.9 Å². The number of morpholine rings is 1. The van der Waals surface area contributed by atoms with Crippen LogP contribution in [0.1, 0.15) is 23.5 Å². The highest BCUT2D eigenvalue weighted by Crippen LogP contribution is 2.36. The maximum Gasteiger partial charge on any atom is 0.177 e. The molecule has 2 aliphatic heterocycles. The fourth-order valence-corrected chi connectivity index (χ4v) is 4.14. The standard InChI is InChI=1S/C19H17ClF2N4O2S.C3H4O.C2H6O.C2H4O/c20-15-11(1-2-13(21)16(15)22)17-12(10-27)14(9-26-4-6-28-7-5-26)24-18(25-17)19-23-3-8-29-19;1-2-3-4;1-3-2;1-2-3/h1-3,8,10,17H,4-7,9H2,(H,24,25);2-3H,1H2;1-2H3;2H,1H3/t17-;;;/m0.../s1. The second-order valence-corrected chi connectivity index (χ2v) is 8.84. The molecule has 13 heteroatoms. The quantitative estimate of drug-likeness (QED) is 0.310. The molecule has 1 N–H and O–H groups in total. The average molecular weight is 585 g/mol. The van der Waals surface area contributed by atoms with Crippen molar-refractivity contribution in [3.05, 3.63) is 74.9 Å². The van der Waals surface area contributed by atoms with Gasteiger partial charge in [-0.3, -0.25) is 19.5 Å². The number of aromatic nitrogens is 1. The van der Waals surface area contributed by atoms with E-state index >= 15 is 0 Å². The minimum atomic E-state index is -1.16. The summed E-state index contributed by atoms with van der Waals surface area (Å²) in [7, 11) is 3.25. The van der Waals surface area contributed by atoms with Crippen LogP contribution in [0, 0.1) is 11.6 Å². The van der Waals surface area contributed by atoms with Gasteiger partial charge < -0.3 is 19.6 Å². The highest BCUT2D eigenvalue weighted by atomic mass is 35.5. The van der Waals surface area contributed by atoms with Gasteiger partial charge in [-0.05, 0) is 19.1 Å². The molecular formula is C26H31ClF2N4O5S. The van der Waals surface area contributed by atoms with Gasteiger partial charge >= 0.3 is 0 Å². The number of aldehydes is 3. The number of benzene rings is 1. The van der Waals surface area contributed by atoms with E-state index in [0.717, 1.165) is 25.4 Å². The predicted molar refractivity (Wildman–Crippen MR) is 147 cm³/mol. The van der Waals surface area contributed by atoms with Crippen LogP contribution >= 0.6 is 22.9 Å². The fraction of sp³-hybridized carbons (Fsp3) is 0.346. The van der Waals surface area contributed by atoms with E-state index in [1.165, 1.54) is 30.4 Å². The van der Waals surface area contributed by atoms with Crippen LogP contribution in [-0.4, -0.2) is 81.6 Å². The Bertz CT molecular complexity index is 1130. The molecule has 2 aliphatic rings. The molecule has 1 atom stereocenters. The summed E-state index contributed by atoms with van der Waals surface area (Å²) in [4.78, 5) is 40.9. The Balaban J connectivity index is 0.000000662. The van der Waals surface area contributed by atoms with Crippen molar-refractivity contribution in [1.82, 2.24) is 15.2 Å². The predicted octanol–water partition coefficient (Wildman–Crippen LogP) is 3.79. The van der Waals surface area contributed by atoms with Gasteiger partial charge in [0.1, 0.15) is 24.9 Å². The Labute approximate surface area is 235 Å². The molecule has 2 aromatic rings. The lowest BCUT2D eigenvalue weighted by Crippen LogP contribution is -2.42. The van der Waals surface area contributed by atoms with Crippen molar-refractivity contribution in [3.63, 3.8) is 0 Å². The maximum atomic E-state index is 14.1. The number of hydrogen-bond acceptors (Lipinski definition) is 10. The van der Waals surface area contributed by atoms with Gasteiger partial charge in [0.15, 0.2) is 22.5 Å². The normalized spacial score (nSPS) is 16.5. The molecular weight excluding hydrogens is 554 g/mol. The van der Waals surface area contributed by atoms with E-state index in [0.29, 0.717) is 54.4 Å². The molecule has 4 rings (SSSR count). The first-order valence-electron chi connectivity index (χ1n) is 11.6. The molecule has 1 aromatic carbocycles. The number of nitrogens with zero attached hydrogens (tertiary/aromatic N) is 3. The van der Waals surface area contributed by atoms with Crippen LogP contribution in [0.25, 0.3) is 0 Å². The number of rotatable bonds is 6. The zero-order chi connectivity index (χ0) is 29.2. The van der Waals surface area contributed by atoms with E-state index in [2.05, 4.69) is 31.5 Å². The molecule has 3 heterocycles. The number of carbonyl (C=O) groups excluding carboxylic acids is 3. The minimum absolute atomic E-state index is 0.225. The number of aliphatic imine (C=N–C) groups is 1. The summed E-state index contributed by atoms with van der Waals surface area (Å²) in [5.74, 6) is -1.75. The van der Waals surface area contributed by atoms with Gasteiger partial charge in [-0.2, -0.15) is 0 Å². The largest absolute Gasteiger partial charge is 0.388 e. The Morgan fingerprint density at radius 2 is 1.87 bits per heavy atom. The van der Waals surface area contributed by atoms with Gasteiger partial charge in [0.25, 0.3) is 0 Å². The Hall–Kier alpha value is -3.16. The second kappa shape index (κ2) is 19.0. The minimum Gasteiger partial charge on any atom is -0.388 e. The molecule has 0 radical (unpaired) electrons. The van der Waals surface area contributed by atoms with Gasteiger partial charge in [0.05, 0.1) is 18.2 Å². The van der Waals surface area contributed by atoms with Crippen LogP contribution in [0.15, 0.2) is 52.6 Å². The lowest BCUT2D eigenvalue weighted by atomic mass is 9.96. The molecule has 39 heavy (non-hydrogen) atoms. The van der Waals surface area contributed by atoms with Gasteiger partial charge in [-0.1, -0.05) is 24.2 Å². The summed E-state index contributed by atoms with van der Waals surface area (Å²) in [6.45, 7) is 7.67. The van der Waals surface area contributed by atoms with Crippen molar-refractivity contribution >= 4 is 47.6 Å². The zero-order valence-electron chi connectivity index (χ0n) is 21.9. The topological polar surface area (TPSA) is 110 Å². The molecule has 0 saturated carbocycles. The Morgan fingerprint density at radius 3 is 2.38 bits per heavy atom. The van der Waals surface area contributed by atoms with E-state index in [-0.39, 0.29) is 10.6 Å². The number of ether oxygens (including phenoxy) is 2. The van der Waals surface area contributed by atoms with Crippen LogP contribution in [0.4, 0.5) is 8.78 Å². The number of allylic oxidation sites excluding steroid dienone is 1. The van der Waals surface area contributed by atoms with E-state index in [1.54, 1.807) is 25.8 Å². The smallest absolute Gasteiger partial charge is 0.177 e. The van der Waals surface area contributed by atoms with E-state index in [1.807, 2.05) is 0 Å². The van der Waals surface area contributed by atoms with Crippen molar-refractivity contribution in [3.8, 4) is 0 Å². The molecule has 0 unspecified atom stereocenters. The Morgan fingerprint density at radius 1 is 1.26 bits per heavy atom. The maximum absolute atomic E-state index is 14.1. The van der Waals surface area contributed by atoms with Crippen molar-refractivity contribution < 1.29 is 32.6 Å². The van der Waals surface area contributed by atoms with Crippen LogP contribution in [0.3, 0.4) is 0 Å². The third kappa shape index (κ3) is 10.5. The third-order valence-electron chi connectivity index (χ3n) is 4.87. The number of thiazole rings is 1. The lowest BCUT2D eigenvalue weighted by molar-refractivity contribution is -0.106. The van der Waals surface area contributed by atoms with Crippen LogP contribution < -0.4 is 5.32 Å². The van der Waals surface area contributed by atoms with Crippen LogP contribution in [0.2, 0.25) is 5.02 Å². The van der Waals surface area contributed by atoms with Crippen molar-refractivity contribution in [1.29, 1.82) is 0 Å². The van der Waals surface area contributed by atoms with Gasteiger partial charge in [0, 0.05) is 62.3 Å². The van der Waals surface area contributed by atoms with Crippen molar-refractivity contribution in [2.24, 2.45) is 4.99 Å².